The van der Waals surface area contributed by atoms with Gasteiger partial charge in [0, 0.05) is 17.6 Å². The Labute approximate surface area is 145 Å². The summed E-state index contributed by atoms with van der Waals surface area (Å²) in [4.78, 5) is 16.8. The minimum atomic E-state index is -0.217. The highest BCUT2D eigenvalue weighted by Crippen LogP contribution is 2.21. The van der Waals surface area contributed by atoms with Crippen molar-refractivity contribution in [3.63, 3.8) is 0 Å². The summed E-state index contributed by atoms with van der Waals surface area (Å²) in [5, 5.41) is 8.81. The molecule has 3 aromatic rings. The van der Waals surface area contributed by atoms with Gasteiger partial charge in [-0.15, -0.1) is 0 Å². The standard InChI is InChI=1S/C18H19ClN4O/c1-11-9-12(2)23(22-11)13(3)10-20-18(24)16-8-7-14-5-4-6-15(19)17(14)21-16/h4-9,13H,10H2,1-3H3,(H,20,24). The molecule has 0 aliphatic carbocycles. The lowest BCUT2D eigenvalue weighted by molar-refractivity contribution is 0.0943. The topological polar surface area (TPSA) is 59.8 Å². The Morgan fingerprint density at radius 2 is 2.08 bits per heavy atom. The highest BCUT2D eigenvalue weighted by Gasteiger charge is 2.13. The van der Waals surface area contributed by atoms with Gasteiger partial charge in [0.25, 0.3) is 5.91 Å². The normalized spacial score (nSPS) is 12.3. The van der Waals surface area contributed by atoms with Crippen LogP contribution in [0, 0.1) is 13.8 Å². The van der Waals surface area contributed by atoms with Gasteiger partial charge in [0.05, 0.1) is 22.3 Å². The Hall–Kier alpha value is -2.40. The monoisotopic (exact) mass is 342 g/mol. The highest BCUT2D eigenvalue weighted by molar-refractivity contribution is 6.35. The van der Waals surface area contributed by atoms with Crippen LogP contribution in [0.2, 0.25) is 5.02 Å². The summed E-state index contributed by atoms with van der Waals surface area (Å²) in [6.07, 6.45) is 0. The number of para-hydroxylation sites is 1. The van der Waals surface area contributed by atoms with Gasteiger partial charge in [-0.1, -0.05) is 29.8 Å². The molecule has 124 valence electrons. The number of carbonyl (C=O) groups excluding carboxylic acids is 1. The maximum Gasteiger partial charge on any atom is 0.269 e. The van der Waals surface area contributed by atoms with Crippen molar-refractivity contribution in [2.75, 3.05) is 6.54 Å². The molecule has 2 heterocycles. The highest BCUT2D eigenvalue weighted by atomic mass is 35.5. The summed E-state index contributed by atoms with van der Waals surface area (Å²) in [5.74, 6) is -0.217. The second-order valence-corrected chi connectivity index (χ2v) is 6.35. The molecule has 5 nitrogen and oxygen atoms in total. The van der Waals surface area contributed by atoms with E-state index < -0.39 is 0 Å². The van der Waals surface area contributed by atoms with Gasteiger partial charge in [-0.2, -0.15) is 5.10 Å². The smallest absolute Gasteiger partial charge is 0.269 e. The average molecular weight is 343 g/mol. The Bertz CT molecular complexity index is 903. The van der Waals surface area contributed by atoms with Gasteiger partial charge in [0.1, 0.15) is 5.69 Å². The molecule has 1 unspecified atom stereocenters. The van der Waals surface area contributed by atoms with Crippen LogP contribution in [0.3, 0.4) is 0 Å². The Morgan fingerprint density at radius 3 is 2.79 bits per heavy atom. The number of hydrogen-bond acceptors (Lipinski definition) is 3. The number of halogens is 1. The fourth-order valence-corrected chi connectivity index (χ4v) is 2.97. The number of pyridine rings is 1. The number of aromatic nitrogens is 3. The number of fused-ring (bicyclic) bond motifs is 1. The number of aryl methyl sites for hydroxylation is 2. The van der Waals surface area contributed by atoms with Crippen LogP contribution < -0.4 is 5.32 Å². The van der Waals surface area contributed by atoms with Crippen molar-refractivity contribution < 1.29 is 4.79 Å². The summed E-state index contributed by atoms with van der Waals surface area (Å²) >= 11 is 6.16. The van der Waals surface area contributed by atoms with Crippen molar-refractivity contribution in [2.45, 2.75) is 26.8 Å². The lowest BCUT2D eigenvalue weighted by atomic mass is 10.2. The predicted octanol–water partition coefficient (Wildman–Crippen LogP) is 3.69. The van der Waals surface area contributed by atoms with E-state index in [-0.39, 0.29) is 11.9 Å². The summed E-state index contributed by atoms with van der Waals surface area (Å²) in [6, 6.07) is 11.2. The largest absolute Gasteiger partial charge is 0.349 e. The average Bonchev–Trinajstić information content (AvgIpc) is 2.91. The van der Waals surface area contributed by atoms with Gasteiger partial charge in [0.15, 0.2) is 0 Å². The molecule has 0 saturated heterocycles. The van der Waals surface area contributed by atoms with Gasteiger partial charge in [-0.3, -0.25) is 9.48 Å². The van der Waals surface area contributed by atoms with Crippen LogP contribution in [0.5, 0.6) is 0 Å². The molecule has 3 rings (SSSR count). The minimum absolute atomic E-state index is 0.0618. The second kappa shape index (κ2) is 6.61. The second-order valence-electron chi connectivity index (χ2n) is 5.94. The molecule has 2 aromatic heterocycles. The number of amides is 1. The molecule has 0 aliphatic rings. The van der Waals surface area contributed by atoms with Gasteiger partial charge >= 0.3 is 0 Å². The van der Waals surface area contributed by atoms with E-state index in [4.69, 9.17) is 11.6 Å². The van der Waals surface area contributed by atoms with Crippen molar-refractivity contribution in [2.24, 2.45) is 0 Å². The van der Waals surface area contributed by atoms with Crippen LogP contribution in [0.15, 0.2) is 36.4 Å². The van der Waals surface area contributed by atoms with Crippen molar-refractivity contribution in [3.05, 3.63) is 58.5 Å². The predicted molar refractivity (Wildman–Crippen MR) is 95.5 cm³/mol. The molecule has 0 aliphatic heterocycles. The van der Waals surface area contributed by atoms with Gasteiger partial charge in [0.2, 0.25) is 0 Å². The van der Waals surface area contributed by atoms with Gasteiger partial charge in [-0.25, -0.2) is 4.98 Å². The first-order chi connectivity index (χ1) is 11.5. The van der Waals surface area contributed by atoms with E-state index in [9.17, 15) is 4.79 Å². The van der Waals surface area contributed by atoms with Crippen LogP contribution >= 0.6 is 11.6 Å². The number of rotatable bonds is 4. The summed E-state index contributed by atoms with van der Waals surface area (Å²) in [6.45, 7) is 6.45. The molecule has 0 radical (unpaired) electrons. The third kappa shape index (κ3) is 3.26. The Kier molecular flexibility index (Phi) is 4.53. The maximum absolute atomic E-state index is 12.4. The number of hydrogen-bond donors (Lipinski definition) is 1. The maximum atomic E-state index is 12.4. The van der Waals surface area contributed by atoms with Gasteiger partial charge in [-0.05, 0) is 39.0 Å². The van der Waals surface area contributed by atoms with Crippen molar-refractivity contribution >= 4 is 28.4 Å². The summed E-state index contributed by atoms with van der Waals surface area (Å²) in [7, 11) is 0. The van der Waals surface area contributed by atoms with E-state index in [2.05, 4.69) is 15.4 Å². The zero-order valence-corrected chi connectivity index (χ0v) is 14.6. The number of nitrogens with one attached hydrogen (secondary N) is 1. The third-order valence-electron chi connectivity index (χ3n) is 3.92. The van der Waals surface area contributed by atoms with Crippen LogP contribution in [0.4, 0.5) is 0 Å². The van der Waals surface area contributed by atoms with Crippen molar-refractivity contribution in [1.29, 1.82) is 0 Å². The van der Waals surface area contributed by atoms with E-state index in [0.717, 1.165) is 16.8 Å². The Morgan fingerprint density at radius 1 is 1.29 bits per heavy atom. The molecular formula is C18H19ClN4O. The zero-order chi connectivity index (χ0) is 17.3. The van der Waals surface area contributed by atoms with Crippen LogP contribution in [0.25, 0.3) is 10.9 Å². The molecule has 0 fully saturated rings. The van der Waals surface area contributed by atoms with Crippen molar-refractivity contribution in [3.8, 4) is 0 Å². The van der Waals surface area contributed by atoms with Crippen LogP contribution in [0.1, 0.15) is 34.8 Å². The number of carbonyl (C=O) groups is 1. The van der Waals surface area contributed by atoms with E-state index in [1.165, 1.54) is 0 Å². The van der Waals surface area contributed by atoms with Crippen LogP contribution in [-0.4, -0.2) is 27.2 Å². The third-order valence-corrected chi connectivity index (χ3v) is 4.23. The van der Waals surface area contributed by atoms with E-state index >= 15 is 0 Å². The SMILES string of the molecule is Cc1cc(C)n(C(C)CNC(=O)c2ccc3cccc(Cl)c3n2)n1. The zero-order valence-electron chi connectivity index (χ0n) is 13.9. The molecule has 24 heavy (non-hydrogen) atoms. The molecule has 1 N–H and O–H groups in total. The lowest BCUT2D eigenvalue weighted by Gasteiger charge is -2.15. The first kappa shape index (κ1) is 16.5. The molecule has 1 atom stereocenters. The van der Waals surface area contributed by atoms with E-state index in [0.29, 0.717) is 22.8 Å². The van der Waals surface area contributed by atoms with E-state index in [1.807, 2.05) is 49.7 Å². The number of nitrogens with zero attached hydrogens (tertiary/aromatic N) is 3. The lowest BCUT2D eigenvalue weighted by Crippen LogP contribution is -2.30. The quantitative estimate of drug-likeness (QED) is 0.786. The molecule has 6 heteroatoms. The molecule has 0 bridgehead atoms. The molecule has 0 spiro atoms. The summed E-state index contributed by atoms with van der Waals surface area (Å²) < 4.78 is 1.92. The molecule has 0 saturated carbocycles. The molecular weight excluding hydrogens is 324 g/mol. The van der Waals surface area contributed by atoms with E-state index in [1.54, 1.807) is 12.1 Å². The Balaban J connectivity index is 1.73. The first-order valence-electron chi connectivity index (χ1n) is 7.82. The first-order valence-corrected chi connectivity index (χ1v) is 8.19. The fourth-order valence-electron chi connectivity index (χ4n) is 2.75. The molecule has 1 aromatic carbocycles. The minimum Gasteiger partial charge on any atom is -0.349 e. The summed E-state index contributed by atoms with van der Waals surface area (Å²) in [5.41, 5.74) is 3.04. The molecule has 1 amide bonds. The van der Waals surface area contributed by atoms with Crippen molar-refractivity contribution in [1.82, 2.24) is 20.1 Å². The fraction of sp³-hybridized carbons (Fsp3) is 0.278. The van der Waals surface area contributed by atoms with Crippen LogP contribution in [-0.2, 0) is 0 Å². The van der Waals surface area contributed by atoms with Gasteiger partial charge < -0.3 is 5.32 Å². The number of benzene rings is 1.